The third-order valence-corrected chi connectivity index (χ3v) is 3.73. The van der Waals surface area contributed by atoms with Gasteiger partial charge < -0.3 is 20.2 Å². The third kappa shape index (κ3) is 3.89. The molecule has 132 valence electrons. The van der Waals surface area contributed by atoms with Crippen molar-refractivity contribution in [1.82, 2.24) is 0 Å². The highest BCUT2D eigenvalue weighted by atomic mass is 16.5. The maximum Gasteiger partial charge on any atom is 0.338 e. The summed E-state index contributed by atoms with van der Waals surface area (Å²) in [7, 11) is 0. The van der Waals surface area contributed by atoms with Crippen molar-refractivity contribution in [2.45, 2.75) is 13.5 Å². The smallest absolute Gasteiger partial charge is 0.338 e. The number of esters is 1. The molecule has 3 N–H and O–H groups in total. The predicted molar refractivity (Wildman–Crippen MR) is 96.0 cm³/mol. The number of rotatable bonds is 4. The molecule has 3 rings (SSSR count). The van der Waals surface area contributed by atoms with Crippen LogP contribution in [0.3, 0.4) is 0 Å². The Morgan fingerprint density at radius 2 is 1.85 bits per heavy atom. The van der Waals surface area contributed by atoms with Gasteiger partial charge in [-0.15, -0.1) is 0 Å². The van der Waals surface area contributed by atoms with E-state index in [1.165, 1.54) is 30.3 Å². The van der Waals surface area contributed by atoms with Crippen LogP contribution >= 0.6 is 0 Å². The third-order valence-electron chi connectivity index (χ3n) is 3.73. The second-order valence-corrected chi connectivity index (χ2v) is 5.73. The number of carbonyl (C=O) groups is 2. The molecule has 0 aliphatic rings. The summed E-state index contributed by atoms with van der Waals surface area (Å²) in [6.07, 6.45) is 0. The normalized spacial score (nSPS) is 10.5. The molecule has 0 aliphatic carbocycles. The molecule has 3 aromatic rings. The van der Waals surface area contributed by atoms with Gasteiger partial charge in [-0.3, -0.25) is 0 Å². The van der Waals surface area contributed by atoms with Crippen molar-refractivity contribution in [2.75, 3.05) is 5.32 Å². The van der Waals surface area contributed by atoms with Crippen molar-refractivity contribution in [3.8, 4) is 0 Å². The summed E-state index contributed by atoms with van der Waals surface area (Å²) in [6.45, 7) is 1.83. The molecule has 0 fully saturated rings. The second-order valence-electron chi connectivity index (χ2n) is 5.73. The fourth-order valence-electron chi connectivity index (χ4n) is 2.52. The Labute approximate surface area is 148 Å². The lowest BCUT2D eigenvalue weighted by Gasteiger charge is -2.08. The summed E-state index contributed by atoms with van der Waals surface area (Å²) in [4.78, 5) is 34.7. The maximum absolute atomic E-state index is 12.2. The van der Waals surface area contributed by atoms with Gasteiger partial charge in [0.15, 0.2) is 0 Å². The highest BCUT2D eigenvalue weighted by molar-refractivity contribution is 5.92. The van der Waals surface area contributed by atoms with Crippen LogP contribution in [0.1, 0.15) is 21.5 Å². The first kappa shape index (κ1) is 17.2. The highest BCUT2D eigenvalue weighted by Crippen LogP contribution is 2.20. The minimum absolute atomic E-state index is 0.0642. The van der Waals surface area contributed by atoms with Crippen LogP contribution < -0.4 is 16.7 Å². The standard InChI is InChI=1S/C19H16N2O5/c1-11-2-7-15-13(9-17(22)26-16(15)8-11)10-25-18(23)12-3-5-14(6-4-12)21-19(20)24/h2-9H,10H2,1H3,(H3,20,21,24). The number of amides is 2. The van der Waals surface area contributed by atoms with Crippen LogP contribution in [0.2, 0.25) is 0 Å². The Hall–Kier alpha value is -3.61. The summed E-state index contributed by atoms with van der Waals surface area (Å²) >= 11 is 0. The van der Waals surface area contributed by atoms with Gasteiger partial charge in [-0.2, -0.15) is 0 Å². The lowest BCUT2D eigenvalue weighted by molar-refractivity contribution is 0.0474. The summed E-state index contributed by atoms with van der Waals surface area (Å²) in [5.41, 5.74) is 7.27. The number of ether oxygens (including phenoxy) is 1. The van der Waals surface area contributed by atoms with Gasteiger partial charge in [0.2, 0.25) is 0 Å². The van der Waals surface area contributed by atoms with E-state index in [-0.39, 0.29) is 6.61 Å². The zero-order chi connectivity index (χ0) is 18.7. The molecule has 0 bridgehead atoms. The van der Waals surface area contributed by atoms with E-state index in [9.17, 15) is 14.4 Å². The Morgan fingerprint density at radius 1 is 1.12 bits per heavy atom. The van der Waals surface area contributed by atoms with Crippen LogP contribution in [0.4, 0.5) is 10.5 Å². The van der Waals surface area contributed by atoms with Crippen LogP contribution in [0.25, 0.3) is 11.0 Å². The van der Waals surface area contributed by atoms with Crippen LogP contribution in [0, 0.1) is 6.92 Å². The number of nitrogens with two attached hydrogens (primary N) is 1. The Bertz CT molecular complexity index is 1040. The molecule has 0 unspecified atom stereocenters. The van der Waals surface area contributed by atoms with Gasteiger partial charge in [-0.05, 0) is 42.8 Å². The molecule has 26 heavy (non-hydrogen) atoms. The van der Waals surface area contributed by atoms with Crippen LogP contribution in [0.5, 0.6) is 0 Å². The van der Waals surface area contributed by atoms with Gasteiger partial charge in [0.05, 0.1) is 5.56 Å². The van der Waals surface area contributed by atoms with Crippen molar-refractivity contribution < 1.29 is 18.7 Å². The molecule has 2 amide bonds. The molecule has 0 radical (unpaired) electrons. The zero-order valence-electron chi connectivity index (χ0n) is 13.9. The number of urea groups is 1. The minimum Gasteiger partial charge on any atom is -0.457 e. The average Bonchev–Trinajstić information content (AvgIpc) is 2.59. The number of primary amides is 1. The zero-order valence-corrected chi connectivity index (χ0v) is 13.9. The van der Waals surface area contributed by atoms with E-state index in [4.69, 9.17) is 14.9 Å². The van der Waals surface area contributed by atoms with Crippen molar-refractivity contribution in [3.63, 3.8) is 0 Å². The minimum atomic E-state index is -0.689. The van der Waals surface area contributed by atoms with E-state index in [2.05, 4.69) is 5.32 Å². The SMILES string of the molecule is Cc1ccc2c(COC(=O)c3ccc(NC(N)=O)cc3)cc(=O)oc2c1. The van der Waals surface area contributed by atoms with Gasteiger partial charge >= 0.3 is 17.6 Å². The number of hydrogen-bond donors (Lipinski definition) is 2. The lowest BCUT2D eigenvalue weighted by Crippen LogP contribution is -2.19. The van der Waals surface area contributed by atoms with Gasteiger partial charge in [0.25, 0.3) is 0 Å². The number of anilines is 1. The highest BCUT2D eigenvalue weighted by Gasteiger charge is 2.11. The Morgan fingerprint density at radius 3 is 2.54 bits per heavy atom. The van der Waals surface area contributed by atoms with E-state index < -0.39 is 17.6 Å². The first-order valence-corrected chi connectivity index (χ1v) is 7.79. The van der Waals surface area contributed by atoms with E-state index in [0.717, 1.165) is 5.56 Å². The van der Waals surface area contributed by atoms with Crippen LogP contribution in [0.15, 0.2) is 57.7 Å². The number of benzene rings is 2. The van der Waals surface area contributed by atoms with E-state index in [1.807, 2.05) is 19.1 Å². The summed E-state index contributed by atoms with van der Waals surface area (Å²) in [6, 6.07) is 12.2. The van der Waals surface area contributed by atoms with Gasteiger partial charge in [-0.25, -0.2) is 14.4 Å². The van der Waals surface area contributed by atoms with Crippen molar-refractivity contribution in [1.29, 1.82) is 0 Å². The number of carbonyl (C=O) groups excluding carboxylic acids is 2. The van der Waals surface area contributed by atoms with E-state index in [1.54, 1.807) is 6.07 Å². The molecule has 0 aliphatic heterocycles. The summed E-state index contributed by atoms with van der Waals surface area (Å²) in [5.74, 6) is -0.552. The average molecular weight is 352 g/mol. The fourth-order valence-corrected chi connectivity index (χ4v) is 2.52. The van der Waals surface area contributed by atoms with E-state index >= 15 is 0 Å². The number of fused-ring (bicyclic) bond motifs is 1. The predicted octanol–water partition coefficient (Wildman–Crippen LogP) is 2.95. The molecule has 7 nitrogen and oxygen atoms in total. The van der Waals surface area contributed by atoms with Gasteiger partial charge in [-0.1, -0.05) is 12.1 Å². The molecule has 0 atom stereocenters. The molecule has 1 aromatic heterocycles. The molecule has 0 saturated carbocycles. The first-order valence-electron chi connectivity index (χ1n) is 7.79. The molecular formula is C19H16N2O5. The summed E-state index contributed by atoms with van der Waals surface area (Å²) < 4.78 is 10.5. The Balaban J connectivity index is 1.76. The molecule has 2 aromatic carbocycles. The van der Waals surface area contributed by atoms with Gasteiger partial charge in [0, 0.05) is 22.7 Å². The van der Waals surface area contributed by atoms with Crippen molar-refractivity contribution in [3.05, 3.63) is 75.6 Å². The quantitative estimate of drug-likeness (QED) is 0.554. The largest absolute Gasteiger partial charge is 0.457 e. The molecule has 0 spiro atoms. The molecular weight excluding hydrogens is 336 g/mol. The second kappa shape index (κ2) is 7.10. The van der Waals surface area contributed by atoms with Crippen LogP contribution in [-0.2, 0) is 11.3 Å². The molecule has 1 heterocycles. The number of nitrogens with one attached hydrogen (secondary N) is 1. The van der Waals surface area contributed by atoms with E-state index in [0.29, 0.717) is 27.8 Å². The molecule has 0 saturated heterocycles. The monoisotopic (exact) mass is 352 g/mol. The number of hydrogen-bond acceptors (Lipinski definition) is 5. The van der Waals surface area contributed by atoms with Crippen molar-refractivity contribution >= 4 is 28.7 Å². The van der Waals surface area contributed by atoms with Crippen molar-refractivity contribution in [2.24, 2.45) is 5.73 Å². The Kier molecular flexibility index (Phi) is 4.70. The fraction of sp³-hybridized carbons (Fsp3) is 0.105. The van der Waals surface area contributed by atoms with Crippen LogP contribution in [-0.4, -0.2) is 12.0 Å². The van der Waals surface area contributed by atoms with Gasteiger partial charge in [0.1, 0.15) is 12.2 Å². The topological polar surface area (TPSA) is 112 Å². The first-order chi connectivity index (χ1) is 12.4. The molecule has 7 heteroatoms. The lowest BCUT2D eigenvalue weighted by atomic mass is 10.1. The maximum atomic E-state index is 12.2. The summed E-state index contributed by atoms with van der Waals surface area (Å²) in [5, 5.41) is 3.11. The number of aryl methyl sites for hydroxylation is 1.